The third kappa shape index (κ3) is 3.31. The Balaban J connectivity index is 1.37. The Hall–Kier alpha value is -3.89. The van der Waals surface area contributed by atoms with Gasteiger partial charge in [0.15, 0.2) is 12.2 Å². The van der Waals surface area contributed by atoms with Crippen molar-refractivity contribution in [3.05, 3.63) is 39.7 Å². The van der Waals surface area contributed by atoms with Crippen LogP contribution in [0.3, 0.4) is 0 Å². The highest BCUT2D eigenvalue weighted by Crippen LogP contribution is 2.67. The van der Waals surface area contributed by atoms with Crippen molar-refractivity contribution in [3.8, 4) is 5.75 Å². The number of carbonyl (C=O) groups excluding carboxylic acids is 4. The summed E-state index contributed by atoms with van der Waals surface area (Å²) in [5, 5.41) is 0.572. The first-order valence-electron chi connectivity index (χ1n) is 15.8. The molecule has 46 heavy (non-hydrogen) atoms. The molecule has 3 aliphatic heterocycles. The summed E-state index contributed by atoms with van der Waals surface area (Å²) < 4.78 is 36.5. The van der Waals surface area contributed by atoms with Gasteiger partial charge < -0.3 is 28.1 Å². The van der Waals surface area contributed by atoms with Gasteiger partial charge >= 0.3 is 29.5 Å². The summed E-state index contributed by atoms with van der Waals surface area (Å²) in [6.07, 6.45) is -1.27. The second-order valence-electron chi connectivity index (χ2n) is 15.8. The molecule has 2 saturated heterocycles. The number of rotatable bonds is 4. The number of benzene rings is 1. The molecule has 11 heteroatoms. The summed E-state index contributed by atoms with van der Waals surface area (Å²) in [6.45, 7) is 16.0. The van der Waals surface area contributed by atoms with E-state index >= 15 is 0 Å². The van der Waals surface area contributed by atoms with Gasteiger partial charge in [-0.15, -0.1) is 0 Å². The molecule has 0 unspecified atom stereocenters. The van der Waals surface area contributed by atoms with E-state index in [0.717, 1.165) is 0 Å². The van der Waals surface area contributed by atoms with E-state index in [1.807, 2.05) is 27.7 Å². The lowest BCUT2D eigenvalue weighted by atomic mass is 9.66. The molecule has 4 heterocycles. The van der Waals surface area contributed by atoms with Gasteiger partial charge in [0.25, 0.3) is 0 Å². The first-order chi connectivity index (χ1) is 21.2. The minimum atomic E-state index is -1.59. The van der Waals surface area contributed by atoms with Gasteiger partial charge in [-0.3, -0.25) is 9.59 Å². The van der Waals surface area contributed by atoms with Gasteiger partial charge in [0, 0.05) is 22.3 Å². The largest absolute Gasteiger partial charge is 0.483 e. The molecule has 11 nitrogen and oxygen atoms in total. The molecule has 2 saturated carbocycles. The average Bonchev–Trinajstić information content (AvgIpc) is 3.42. The minimum Gasteiger partial charge on any atom is -0.483 e. The maximum Gasteiger partial charge on any atom is 0.351 e. The van der Waals surface area contributed by atoms with Crippen LogP contribution in [0.2, 0.25) is 0 Å². The molecular weight excluding hydrogens is 596 g/mol. The third-order valence-electron chi connectivity index (χ3n) is 13.0. The van der Waals surface area contributed by atoms with Crippen LogP contribution in [0.25, 0.3) is 11.0 Å². The molecule has 4 bridgehead atoms. The van der Waals surface area contributed by atoms with Crippen LogP contribution in [-0.4, -0.2) is 46.8 Å². The Morgan fingerprint density at radius 3 is 1.74 bits per heavy atom. The SMILES string of the molecule is Cc1cc(=O)oc2c3c(ccc12)OC(C)(C)[C@H](OC(=O)[C@]12CC[C@](C)(C(=O)O1)C2(C)C)[C@@H]3OC(=O)[C@]12CC[C@](C)(C(=O)O1)C2(C)C. The van der Waals surface area contributed by atoms with Crippen LogP contribution in [0, 0.1) is 28.6 Å². The van der Waals surface area contributed by atoms with E-state index in [1.54, 1.807) is 46.8 Å². The van der Waals surface area contributed by atoms with Crippen LogP contribution < -0.4 is 10.4 Å². The van der Waals surface area contributed by atoms with Crippen molar-refractivity contribution in [1.82, 2.24) is 0 Å². The van der Waals surface area contributed by atoms with Crippen molar-refractivity contribution in [2.24, 2.45) is 21.7 Å². The van der Waals surface area contributed by atoms with E-state index in [-0.39, 0.29) is 29.7 Å². The first-order valence-corrected chi connectivity index (χ1v) is 15.8. The van der Waals surface area contributed by atoms with Crippen LogP contribution in [0.1, 0.15) is 98.3 Å². The van der Waals surface area contributed by atoms with Crippen molar-refractivity contribution >= 4 is 34.8 Å². The van der Waals surface area contributed by atoms with Crippen molar-refractivity contribution in [1.29, 1.82) is 0 Å². The van der Waals surface area contributed by atoms with Gasteiger partial charge in [0.05, 0.1) is 16.4 Å². The summed E-state index contributed by atoms with van der Waals surface area (Å²) in [4.78, 5) is 67.5. The molecule has 2 aromatic rings. The summed E-state index contributed by atoms with van der Waals surface area (Å²) in [5.41, 5.74) is -7.72. The van der Waals surface area contributed by atoms with E-state index in [9.17, 15) is 24.0 Å². The standard InChI is InChI=1S/C35H40O11/c1-17-16-20(36)41-22-18(17)10-11-19-21(22)23(42-27(39)34-14-12-32(8,25(37)45-34)30(34,4)5)24(29(2,3)44-19)43-28(40)35-15-13-33(9,26(38)46-35)31(35,6)7/h10-11,16,23-24H,12-15H2,1-9H3/t23-,24-,32-,33-,34+,35+/m1/s1. The van der Waals surface area contributed by atoms with Crippen LogP contribution in [0.5, 0.6) is 5.75 Å². The second-order valence-corrected chi connectivity index (χ2v) is 15.8. The molecule has 0 N–H and O–H groups in total. The maximum absolute atomic E-state index is 14.4. The fourth-order valence-electron chi connectivity index (χ4n) is 8.75. The number of hydrogen-bond donors (Lipinski definition) is 0. The van der Waals surface area contributed by atoms with E-state index in [2.05, 4.69) is 0 Å². The Kier molecular flexibility index (Phi) is 5.83. The van der Waals surface area contributed by atoms with E-state index in [4.69, 9.17) is 28.1 Å². The Morgan fingerprint density at radius 2 is 1.26 bits per heavy atom. The smallest absolute Gasteiger partial charge is 0.351 e. The molecule has 0 spiro atoms. The summed E-state index contributed by atoms with van der Waals surface area (Å²) in [7, 11) is 0. The van der Waals surface area contributed by atoms with E-state index < -0.39 is 80.2 Å². The summed E-state index contributed by atoms with van der Waals surface area (Å²) >= 11 is 0. The molecular formula is C35H40O11. The fraction of sp³-hybridized carbons (Fsp3) is 0.629. The van der Waals surface area contributed by atoms with E-state index in [1.165, 1.54) is 6.07 Å². The van der Waals surface area contributed by atoms with Crippen LogP contribution in [0.15, 0.2) is 27.4 Å². The maximum atomic E-state index is 14.4. The first kappa shape index (κ1) is 30.7. The molecule has 2 aliphatic carbocycles. The number of aryl methyl sites for hydroxylation is 1. The zero-order chi connectivity index (χ0) is 33.6. The lowest BCUT2D eigenvalue weighted by molar-refractivity contribution is -0.217. The van der Waals surface area contributed by atoms with Crippen molar-refractivity contribution in [2.75, 3.05) is 0 Å². The highest BCUT2D eigenvalue weighted by molar-refractivity contribution is 5.95. The van der Waals surface area contributed by atoms with Gasteiger partial charge in [-0.05, 0) is 78.0 Å². The third-order valence-corrected chi connectivity index (χ3v) is 13.0. The molecule has 7 rings (SSSR count). The fourth-order valence-corrected chi connectivity index (χ4v) is 8.75. The monoisotopic (exact) mass is 636 g/mol. The second kappa shape index (κ2) is 8.72. The number of ether oxygens (including phenoxy) is 5. The number of carbonyl (C=O) groups is 4. The molecule has 246 valence electrons. The van der Waals surface area contributed by atoms with Gasteiger partial charge in [-0.1, -0.05) is 27.7 Å². The van der Waals surface area contributed by atoms with Crippen molar-refractivity contribution in [3.63, 3.8) is 0 Å². The number of hydrogen-bond acceptors (Lipinski definition) is 11. The summed E-state index contributed by atoms with van der Waals surface area (Å²) in [6, 6.07) is 4.79. The summed E-state index contributed by atoms with van der Waals surface area (Å²) in [5.74, 6) is -2.25. The minimum absolute atomic E-state index is 0.118. The molecule has 5 aliphatic rings. The Bertz CT molecular complexity index is 1830. The molecule has 0 radical (unpaired) electrons. The van der Waals surface area contributed by atoms with Gasteiger partial charge in [-0.25, -0.2) is 14.4 Å². The van der Waals surface area contributed by atoms with Gasteiger partial charge in [0.2, 0.25) is 11.2 Å². The molecule has 1 aromatic carbocycles. The topological polar surface area (TPSA) is 145 Å². The van der Waals surface area contributed by atoms with Gasteiger partial charge in [0.1, 0.15) is 16.9 Å². The number of esters is 4. The molecule has 1 aromatic heterocycles. The lowest BCUT2D eigenvalue weighted by Gasteiger charge is -2.45. The van der Waals surface area contributed by atoms with Gasteiger partial charge in [-0.2, -0.15) is 0 Å². The van der Waals surface area contributed by atoms with Crippen LogP contribution >= 0.6 is 0 Å². The predicted molar refractivity (Wildman–Crippen MR) is 161 cm³/mol. The van der Waals surface area contributed by atoms with Crippen molar-refractivity contribution in [2.45, 2.75) is 117 Å². The molecule has 4 fully saturated rings. The highest BCUT2D eigenvalue weighted by atomic mass is 16.7. The Labute approximate surface area is 266 Å². The Morgan fingerprint density at radius 1 is 0.739 bits per heavy atom. The predicted octanol–water partition coefficient (Wildman–Crippen LogP) is 5.01. The van der Waals surface area contributed by atoms with Crippen molar-refractivity contribution < 1.29 is 47.3 Å². The average molecular weight is 637 g/mol. The normalized spacial score (nSPS) is 37.3. The van der Waals surface area contributed by atoms with Crippen LogP contribution in [-0.2, 0) is 38.1 Å². The zero-order valence-electron chi connectivity index (χ0n) is 27.7. The molecule has 6 atom stereocenters. The number of fused-ring (bicyclic) bond motifs is 7. The molecule has 0 amide bonds. The quantitative estimate of drug-likeness (QED) is 0.254. The lowest BCUT2D eigenvalue weighted by Crippen LogP contribution is -2.57. The van der Waals surface area contributed by atoms with E-state index in [0.29, 0.717) is 23.8 Å². The zero-order valence-corrected chi connectivity index (χ0v) is 27.7. The van der Waals surface area contributed by atoms with Crippen LogP contribution in [0.4, 0.5) is 0 Å². The highest BCUT2D eigenvalue weighted by Gasteiger charge is 2.78.